The summed E-state index contributed by atoms with van der Waals surface area (Å²) in [6, 6.07) is 0. The van der Waals surface area contributed by atoms with Crippen LogP contribution in [0.5, 0.6) is 0 Å². The molecule has 6 nitrogen and oxygen atoms in total. The van der Waals surface area contributed by atoms with E-state index in [2.05, 4.69) is 4.98 Å². The van der Waals surface area contributed by atoms with Crippen molar-refractivity contribution < 1.29 is 9.84 Å². The van der Waals surface area contributed by atoms with Gasteiger partial charge >= 0.3 is 5.69 Å². The zero-order valence-corrected chi connectivity index (χ0v) is 10.7. The molecule has 0 radical (unpaired) electrons. The standard InChI is InChI=1S/C9H11IN2O4/c1-4-6(13)2-7(16-4)12-3-5(10)8(14)11-9(12)15/h3-4,6-7,13H,2H2,1H3,(H,11,14,15)/t4-,6?,7?/m1/s1. The number of aliphatic hydroxyl groups excluding tert-OH is 1. The van der Waals surface area contributed by atoms with Crippen molar-refractivity contribution >= 4 is 22.6 Å². The summed E-state index contributed by atoms with van der Waals surface area (Å²) in [6.07, 6.45) is 0.395. The largest absolute Gasteiger partial charge is 0.390 e. The van der Waals surface area contributed by atoms with Gasteiger partial charge in [0.2, 0.25) is 0 Å². The summed E-state index contributed by atoms with van der Waals surface area (Å²) in [4.78, 5) is 24.9. The van der Waals surface area contributed by atoms with Gasteiger partial charge in [-0.05, 0) is 29.5 Å². The number of aromatic nitrogens is 2. The average Bonchev–Trinajstić information content (AvgIpc) is 2.53. The summed E-state index contributed by atoms with van der Waals surface area (Å²) >= 11 is 1.84. The normalized spacial score (nSPS) is 29.6. The first-order valence-electron chi connectivity index (χ1n) is 4.83. The van der Waals surface area contributed by atoms with Gasteiger partial charge in [-0.15, -0.1) is 0 Å². The van der Waals surface area contributed by atoms with Gasteiger partial charge in [0.1, 0.15) is 6.23 Å². The molecule has 1 aromatic rings. The fraction of sp³-hybridized carbons (Fsp3) is 0.556. The number of aliphatic hydroxyl groups is 1. The molecule has 2 unspecified atom stereocenters. The summed E-state index contributed by atoms with van der Waals surface area (Å²) in [7, 11) is 0. The van der Waals surface area contributed by atoms with E-state index in [4.69, 9.17) is 4.74 Å². The van der Waals surface area contributed by atoms with E-state index in [0.29, 0.717) is 9.99 Å². The van der Waals surface area contributed by atoms with Gasteiger partial charge < -0.3 is 9.84 Å². The fourth-order valence-electron chi connectivity index (χ4n) is 1.65. The molecule has 1 aliphatic rings. The topological polar surface area (TPSA) is 84.3 Å². The summed E-state index contributed by atoms with van der Waals surface area (Å²) in [6.45, 7) is 1.74. The molecule has 0 spiro atoms. The first-order valence-corrected chi connectivity index (χ1v) is 5.91. The highest BCUT2D eigenvalue weighted by molar-refractivity contribution is 14.1. The number of aromatic amines is 1. The van der Waals surface area contributed by atoms with Crippen molar-refractivity contribution in [1.82, 2.24) is 9.55 Å². The molecule has 88 valence electrons. The maximum absolute atomic E-state index is 11.5. The lowest BCUT2D eigenvalue weighted by atomic mass is 10.2. The zero-order chi connectivity index (χ0) is 11.9. The van der Waals surface area contributed by atoms with Crippen LogP contribution in [0, 0.1) is 3.57 Å². The van der Waals surface area contributed by atoms with Crippen LogP contribution >= 0.6 is 22.6 Å². The van der Waals surface area contributed by atoms with Crippen molar-refractivity contribution in [3.05, 3.63) is 30.6 Å². The molecule has 2 heterocycles. The van der Waals surface area contributed by atoms with Crippen LogP contribution in [0.15, 0.2) is 15.8 Å². The maximum atomic E-state index is 11.5. The number of hydrogen-bond acceptors (Lipinski definition) is 4. The highest BCUT2D eigenvalue weighted by Crippen LogP contribution is 2.26. The maximum Gasteiger partial charge on any atom is 0.330 e. The Morgan fingerprint density at radius 2 is 2.31 bits per heavy atom. The Morgan fingerprint density at radius 3 is 2.88 bits per heavy atom. The van der Waals surface area contributed by atoms with Gasteiger partial charge in [-0.25, -0.2) is 4.79 Å². The van der Waals surface area contributed by atoms with Gasteiger partial charge in [0.05, 0.1) is 15.8 Å². The number of halogens is 1. The van der Waals surface area contributed by atoms with Crippen LogP contribution in [-0.2, 0) is 4.74 Å². The predicted octanol–water partition coefficient (Wildman–Crippen LogP) is -0.191. The van der Waals surface area contributed by atoms with Crippen molar-refractivity contribution in [2.24, 2.45) is 0 Å². The Morgan fingerprint density at radius 1 is 1.62 bits per heavy atom. The highest BCUT2D eigenvalue weighted by atomic mass is 127. The second kappa shape index (κ2) is 4.30. The van der Waals surface area contributed by atoms with Crippen LogP contribution < -0.4 is 11.2 Å². The van der Waals surface area contributed by atoms with E-state index in [9.17, 15) is 14.7 Å². The van der Waals surface area contributed by atoms with Gasteiger partial charge in [-0.1, -0.05) is 0 Å². The Labute approximate surface area is 104 Å². The second-order valence-electron chi connectivity index (χ2n) is 3.74. The Balaban J connectivity index is 2.39. The molecule has 1 fully saturated rings. The van der Waals surface area contributed by atoms with Gasteiger partial charge in [-0.3, -0.25) is 14.3 Å². The summed E-state index contributed by atoms with van der Waals surface area (Å²) in [5.74, 6) is 0. The third-order valence-corrected chi connectivity index (χ3v) is 3.36. The molecule has 3 atom stereocenters. The molecule has 0 aliphatic carbocycles. The quantitative estimate of drug-likeness (QED) is 0.696. The third-order valence-electron chi connectivity index (χ3n) is 2.59. The SMILES string of the molecule is C[C@H]1OC(n2cc(I)c(=O)[nH]c2=O)CC1O. The molecule has 16 heavy (non-hydrogen) atoms. The van der Waals surface area contributed by atoms with Gasteiger partial charge in [0.15, 0.2) is 0 Å². The van der Waals surface area contributed by atoms with Crippen molar-refractivity contribution in [3.8, 4) is 0 Å². The lowest BCUT2D eigenvalue weighted by molar-refractivity contribution is -0.0102. The molecule has 0 bridgehead atoms. The van der Waals surface area contributed by atoms with E-state index < -0.39 is 23.6 Å². The Kier molecular flexibility index (Phi) is 3.17. The van der Waals surface area contributed by atoms with E-state index >= 15 is 0 Å². The highest BCUT2D eigenvalue weighted by Gasteiger charge is 2.32. The zero-order valence-electron chi connectivity index (χ0n) is 8.51. The number of ether oxygens (including phenoxy) is 1. The van der Waals surface area contributed by atoms with Crippen LogP contribution in [0.2, 0.25) is 0 Å². The summed E-state index contributed by atoms with van der Waals surface area (Å²) in [5.41, 5.74) is -0.926. The number of nitrogens with one attached hydrogen (secondary N) is 1. The predicted molar refractivity (Wildman–Crippen MR) is 64.2 cm³/mol. The Hall–Kier alpha value is -0.670. The molecule has 0 aromatic carbocycles. The van der Waals surface area contributed by atoms with Crippen molar-refractivity contribution in [3.63, 3.8) is 0 Å². The van der Waals surface area contributed by atoms with Crippen LogP contribution in [0.1, 0.15) is 19.6 Å². The molecule has 0 saturated carbocycles. The fourth-order valence-corrected chi connectivity index (χ4v) is 2.08. The number of H-pyrrole nitrogens is 1. The Bertz CT molecular complexity index is 499. The number of nitrogens with zero attached hydrogens (tertiary/aromatic N) is 1. The molecule has 0 amide bonds. The van der Waals surface area contributed by atoms with Crippen LogP contribution in [0.4, 0.5) is 0 Å². The molecule has 1 aromatic heterocycles. The average molecular weight is 338 g/mol. The van der Waals surface area contributed by atoms with Gasteiger partial charge in [-0.2, -0.15) is 0 Å². The smallest absolute Gasteiger partial charge is 0.330 e. The number of rotatable bonds is 1. The van der Waals surface area contributed by atoms with E-state index in [1.54, 1.807) is 6.92 Å². The van der Waals surface area contributed by atoms with Gasteiger partial charge in [0, 0.05) is 12.6 Å². The van der Waals surface area contributed by atoms with E-state index in [0.717, 1.165) is 0 Å². The molecule has 2 N–H and O–H groups in total. The lowest BCUT2D eigenvalue weighted by Crippen LogP contribution is -2.33. The van der Waals surface area contributed by atoms with E-state index in [-0.39, 0.29) is 6.10 Å². The second-order valence-corrected chi connectivity index (χ2v) is 4.90. The van der Waals surface area contributed by atoms with Crippen molar-refractivity contribution in [2.75, 3.05) is 0 Å². The lowest BCUT2D eigenvalue weighted by Gasteiger charge is -2.13. The minimum atomic E-state index is -0.582. The van der Waals surface area contributed by atoms with Crippen molar-refractivity contribution in [2.45, 2.75) is 31.8 Å². The first-order chi connectivity index (χ1) is 7.49. The minimum absolute atomic E-state index is 0.304. The van der Waals surface area contributed by atoms with Crippen LogP contribution in [0.3, 0.4) is 0 Å². The molecule has 7 heteroatoms. The molecule has 2 rings (SSSR count). The minimum Gasteiger partial charge on any atom is -0.390 e. The molecular formula is C9H11IN2O4. The van der Waals surface area contributed by atoms with Crippen LogP contribution in [-0.4, -0.2) is 26.9 Å². The summed E-state index contributed by atoms with van der Waals surface area (Å²) in [5, 5.41) is 9.53. The molecule has 1 aliphatic heterocycles. The van der Waals surface area contributed by atoms with E-state index in [1.165, 1.54) is 10.8 Å². The molecule has 1 saturated heterocycles. The van der Waals surface area contributed by atoms with Crippen molar-refractivity contribution in [1.29, 1.82) is 0 Å². The monoisotopic (exact) mass is 338 g/mol. The van der Waals surface area contributed by atoms with E-state index in [1.807, 2.05) is 22.6 Å². The van der Waals surface area contributed by atoms with Crippen LogP contribution in [0.25, 0.3) is 0 Å². The molecular weight excluding hydrogens is 327 g/mol. The number of hydrogen-bond donors (Lipinski definition) is 2. The summed E-state index contributed by atoms with van der Waals surface area (Å²) < 4.78 is 7.14. The van der Waals surface area contributed by atoms with Gasteiger partial charge in [0.25, 0.3) is 5.56 Å². The third kappa shape index (κ3) is 2.06. The first kappa shape index (κ1) is 11.8.